The van der Waals surface area contributed by atoms with Crippen LogP contribution in [0.4, 0.5) is 0 Å². The largest absolute Gasteiger partial charge is 0.496 e. The molecule has 1 heterocycles. The molecule has 17 heavy (non-hydrogen) atoms. The first-order valence-corrected chi connectivity index (χ1v) is 7.43. The molecule has 2 rings (SSSR count). The van der Waals surface area contributed by atoms with E-state index in [-0.39, 0.29) is 5.75 Å². The van der Waals surface area contributed by atoms with Gasteiger partial charge in [0.1, 0.15) is 5.75 Å². The summed E-state index contributed by atoms with van der Waals surface area (Å²) in [5.41, 5.74) is 1.53. The second-order valence-electron chi connectivity index (χ2n) is 3.84. The highest BCUT2D eigenvalue weighted by Crippen LogP contribution is 2.29. The number of aromatic nitrogens is 1. The average Bonchev–Trinajstić information content (AvgIpc) is 2.57. The Morgan fingerprint density at radius 2 is 2.12 bits per heavy atom. The van der Waals surface area contributed by atoms with Crippen LogP contribution in [0.2, 0.25) is 0 Å². The normalized spacial score (nSPS) is 11.9. The third-order valence-electron chi connectivity index (χ3n) is 2.58. The Morgan fingerprint density at radius 3 is 2.71 bits per heavy atom. The van der Waals surface area contributed by atoms with Crippen molar-refractivity contribution in [2.24, 2.45) is 7.05 Å². The highest BCUT2D eigenvalue weighted by atomic mass is 35.7. The van der Waals surface area contributed by atoms with Crippen molar-refractivity contribution in [2.45, 2.75) is 5.75 Å². The molecule has 0 amide bonds. The highest BCUT2D eigenvalue weighted by Gasteiger charge is 2.12. The molecule has 0 aliphatic heterocycles. The molecular formula is C11H12ClNO3S. The number of ether oxygens (including phenoxy) is 1. The molecule has 0 saturated heterocycles. The number of hydrogen-bond donors (Lipinski definition) is 0. The summed E-state index contributed by atoms with van der Waals surface area (Å²) >= 11 is 0. The maximum Gasteiger partial charge on any atom is 0.236 e. The molecule has 2 aromatic rings. The van der Waals surface area contributed by atoms with Crippen molar-refractivity contribution in [2.75, 3.05) is 7.11 Å². The number of hydrogen-bond acceptors (Lipinski definition) is 3. The minimum Gasteiger partial charge on any atom is -0.496 e. The van der Waals surface area contributed by atoms with Gasteiger partial charge in [-0.2, -0.15) is 0 Å². The number of nitrogens with zero attached hydrogens (tertiary/aromatic N) is 1. The fraction of sp³-hybridized carbons (Fsp3) is 0.273. The van der Waals surface area contributed by atoms with Gasteiger partial charge in [-0.1, -0.05) is 0 Å². The molecule has 92 valence electrons. The minimum absolute atomic E-state index is 0.202. The average molecular weight is 274 g/mol. The molecule has 0 atom stereocenters. The van der Waals surface area contributed by atoms with Crippen LogP contribution in [0.15, 0.2) is 24.4 Å². The predicted octanol–water partition coefficient (Wildman–Crippen LogP) is 2.26. The first kappa shape index (κ1) is 12.3. The molecule has 0 aliphatic rings. The summed E-state index contributed by atoms with van der Waals surface area (Å²) in [6, 6.07) is 5.42. The second kappa shape index (κ2) is 4.23. The van der Waals surface area contributed by atoms with Crippen molar-refractivity contribution in [1.29, 1.82) is 0 Å². The van der Waals surface area contributed by atoms with E-state index in [1.807, 2.05) is 23.9 Å². The summed E-state index contributed by atoms with van der Waals surface area (Å²) in [6.07, 6.45) is 1.90. The summed E-state index contributed by atoms with van der Waals surface area (Å²) in [6.45, 7) is 0. The molecule has 1 aromatic carbocycles. The third kappa shape index (κ3) is 2.56. The van der Waals surface area contributed by atoms with E-state index in [2.05, 4.69) is 0 Å². The van der Waals surface area contributed by atoms with Crippen molar-refractivity contribution in [3.05, 3.63) is 30.0 Å². The minimum atomic E-state index is -3.56. The lowest BCUT2D eigenvalue weighted by Gasteiger charge is -2.06. The molecule has 0 saturated carbocycles. The van der Waals surface area contributed by atoms with Gasteiger partial charge in [-0.15, -0.1) is 0 Å². The number of fused-ring (bicyclic) bond motifs is 1. The Kier molecular flexibility index (Phi) is 3.05. The Balaban J connectivity index is 2.62. The molecule has 0 fully saturated rings. The quantitative estimate of drug-likeness (QED) is 0.806. The van der Waals surface area contributed by atoms with Gasteiger partial charge in [-0.3, -0.25) is 0 Å². The molecule has 0 N–H and O–H groups in total. The molecule has 0 bridgehead atoms. The smallest absolute Gasteiger partial charge is 0.236 e. The topological polar surface area (TPSA) is 48.3 Å². The Hall–Kier alpha value is -1.20. The maximum atomic E-state index is 11.1. The second-order valence-corrected chi connectivity index (χ2v) is 6.62. The van der Waals surface area contributed by atoms with Gasteiger partial charge in [-0.25, -0.2) is 8.42 Å². The molecule has 6 heteroatoms. The van der Waals surface area contributed by atoms with Crippen LogP contribution in [0.5, 0.6) is 5.75 Å². The number of halogens is 1. The van der Waals surface area contributed by atoms with Crippen molar-refractivity contribution < 1.29 is 13.2 Å². The van der Waals surface area contributed by atoms with E-state index in [9.17, 15) is 8.42 Å². The van der Waals surface area contributed by atoms with Gasteiger partial charge in [0, 0.05) is 29.3 Å². The predicted molar refractivity (Wildman–Crippen MR) is 67.9 cm³/mol. The van der Waals surface area contributed by atoms with Crippen LogP contribution in [-0.4, -0.2) is 20.1 Å². The van der Waals surface area contributed by atoms with Crippen LogP contribution in [0.1, 0.15) is 5.56 Å². The standard InChI is InChI=1S/C11H12ClNO3S/c1-13-4-3-9-10(13)5-8(6-11(9)16-2)7-17(12,14)15/h3-6H,7H2,1-2H3. The number of benzene rings is 1. The summed E-state index contributed by atoms with van der Waals surface area (Å²) < 4.78 is 29.3. The maximum absolute atomic E-state index is 11.1. The fourth-order valence-corrected chi connectivity index (χ4v) is 2.79. The zero-order chi connectivity index (χ0) is 12.6. The zero-order valence-electron chi connectivity index (χ0n) is 9.47. The van der Waals surface area contributed by atoms with E-state index in [4.69, 9.17) is 15.4 Å². The van der Waals surface area contributed by atoms with Crippen molar-refractivity contribution in [1.82, 2.24) is 4.57 Å². The zero-order valence-corrected chi connectivity index (χ0v) is 11.0. The van der Waals surface area contributed by atoms with Gasteiger partial charge >= 0.3 is 0 Å². The molecule has 0 radical (unpaired) electrons. The van der Waals surface area contributed by atoms with Crippen molar-refractivity contribution >= 4 is 30.6 Å². The Labute approximate surface area is 104 Å². The van der Waals surface area contributed by atoms with Crippen LogP contribution >= 0.6 is 10.7 Å². The van der Waals surface area contributed by atoms with E-state index in [1.165, 1.54) is 0 Å². The van der Waals surface area contributed by atoms with Crippen LogP contribution < -0.4 is 4.74 Å². The molecule has 4 nitrogen and oxygen atoms in total. The lowest BCUT2D eigenvalue weighted by Crippen LogP contribution is -1.97. The Morgan fingerprint density at radius 1 is 1.41 bits per heavy atom. The van der Waals surface area contributed by atoms with Crippen LogP contribution in [-0.2, 0) is 21.9 Å². The third-order valence-corrected chi connectivity index (χ3v) is 3.59. The van der Waals surface area contributed by atoms with Crippen LogP contribution in [0.3, 0.4) is 0 Å². The van der Waals surface area contributed by atoms with E-state index in [0.29, 0.717) is 11.3 Å². The number of aryl methyl sites for hydroxylation is 1. The fourth-order valence-electron chi connectivity index (χ4n) is 1.84. The lowest BCUT2D eigenvalue weighted by atomic mass is 10.1. The summed E-state index contributed by atoms with van der Waals surface area (Å²) in [5, 5.41) is 0.950. The summed E-state index contributed by atoms with van der Waals surface area (Å²) in [7, 11) is 5.14. The molecule has 1 aromatic heterocycles. The van der Waals surface area contributed by atoms with Crippen molar-refractivity contribution in [3.8, 4) is 5.75 Å². The van der Waals surface area contributed by atoms with E-state index in [0.717, 1.165) is 10.9 Å². The first-order valence-electron chi connectivity index (χ1n) is 4.95. The Bertz CT molecular complexity index is 661. The summed E-state index contributed by atoms with van der Waals surface area (Å²) in [4.78, 5) is 0. The van der Waals surface area contributed by atoms with Crippen LogP contribution in [0.25, 0.3) is 10.9 Å². The van der Waals surface area contributed by atoms with Gasteiger partial charge in [0.15, 0.2) is 0 Å². The van der Waals surface area contributed by atoms with Gasteiger partial charge < -0.3 is 9.30 Å². The van der Waals surface area contributed by atoms with Gasteiger partial charge in [-0.05, 0) is 23.8 Å². The SMILES string of the molecule is COc1cc(CS(=O)(=O)Cl)cc2c1ccn2C. The molecule has 0 aliphatic carbocycles. The summed E-state index contributed by atoms with van der Waals surface area (Å²) in [5.74, 6) is 0.449. The van der Waals surface area contributed by atoms with Gasteiger partial charge in [0.25, 0.3) is 0 Å². The monoisotopic (exact) mass is 273 g/mol. The number of rotatable bonds is 3. The van der Waals surface area contributed by atoms with Gasteiger partial charge in [0.05, 0.1) is 18.4 Å². The molecular weight excluding hydrogens is 262 g/mol. The van der Waals surface area contributed by atoms with Crippen molar-refractivity contribution in [3.63, 3.8) is 0 Å². The molecule has 0 spiro atoms. The lowest BCUT2D eigenvalue weighted by molar-refractivity contribution is 0.419. The van der Waals surface area contributed by atoms with E-state index < -0.39 is 9.05 Å². The highest BCUT2D eigenvalue weighted by molar-refractivity contribution is 8.13. The molecule has 0 unspecified atom stereocenters. The van der Waals surface area contributed by atoms with Gasteiger partial charge in [0.2, 0.25) is 9.05 Å². The van der Waals surface area contributed by atoms with E-state index in [1.54, 1.807) is 19.2 Å². The van der Waals surface area contributed by atoms with Crippen LogP contribution in [0, 0.1) is 0 Å². The number of methoxy groups -OCH3 is 1. The first-order chi connectivity index (χ1) is 7.90. The van der Waals surface area contributed by atoms with E-state index >= 15 is 0 Å².